The highest BCUT2D eigenvalue weighted by Gasteiger charge is 2.27. The summed E-state index contributed by atoms with van der Waals surface area (Å²) < 4.78 is 37.1. The van der Waals surface area contributed by atoms with Crippen molar-refractivity contribution in [2.45, 2.75) is 44.4 Å². The maximum Gasteiger partial charge on any atom is 0.261 e. The standard InChI is InChI=1S/C24H31N5O4S/c1-17-9-10-18(2)29(17)24-20(16-25-27(24)3)23(30)26-21-15-19(11-12-22(21)33-4)34(31,32)28-13-7-5-6-8-14-28/h9-12,15-16H,5-8,13-14H2,1-4H3,(H,26,30). The molecule has 1 aliphatic heterocycles. The average molecular weight is 486 g/mol. The maximum atomic E-state index is 13.3. The molecule has 182 valence electrons. The highest BCUT2D eigenvalue weighted by Crippen LogP contribution is 2.31. The molecule has 1 aliphatic rings. The largest absolute Gasteiger partial charge is 0.495 e. The van der Waals surface area contributed by atoms with Crippen molar-refractivity contribution in [2.24, 2.45) is 7.05 Å². The number of carbonyl (C=O) groups excluding carboxylic acids is 1. The number of nitrogens with zero attached hydrogens (tertiary/aromatic N) is 4. The normalized spacial score (nSPS) is 15.2. The number of aromatic nitrogens is 3. The fourth-order valence-electron chi connectivity index (χ4n) is 4.42. The zero-order valence-corrected chi connectivity index (χ0v) is 20.9. The molecular weight excluding hydrogens is 454 g/mol. The first-order chi connectivity index (χ1) is 16.2. The monoisotopic (exact) mass is 485 g/mol. The van der Waals surface area contributed by atoms with Crippen molar-refractivity contribution in [1.29, 1.82) is 0 Å². The molecule has 0 radical (unpaired) electrons. The number of benzene rings is 1. The molecule has 0 spiro atoms. The number of hydrogen-bond acceptors (Lipinski definition) is 5. The van der Waals surface area contributed by atoms with Gasteiger partial charge in [-0.1, -0.05) is 12.8 Å². The first kappa shape index (κ1) is 24.0. The van der Waals surface area contributed by atoms with Crippen LogP contribution in [0, 0.1) is 13.8 Å². The number of rotatable bonds is 6. The second-order valence-electron chi connectivity index (χ2n) is 8.59. The van der Waals surface area contributed by atoms with Crippen LogP contribution in [0.3, 0.4) is 0 Å². The Kier molecular flexibility index (Phi) is 6.81. The number of ether oxygens (including phenoxy) is 1. The molecule has 0 atom stereocenters. The Morgan fingerprint density at radius 1 is 1.03 bits per heavy atom. The van der Waals surface area contributed by atoms with Gasteiger partial charge in [0.1, 0.15) is 17.1 Å². The lowest BCUT2D eigenvalue weighted by atomic mass is 10.2. The summed E-state index contributed by atoms with van der Waals surface area (Å²) >= 11 is 0. The van der Waals surface area contributed by atoms with E-state index < -0.39 is 15.9 Å². The van der Waals surface area contributed by atoms with Gasteiger partial charge in [0.2, 0.25) is 10.0 Å². The highest BCUT2D eigenvalue weighted by atomic mass is 32.2. The number of anilines is 1. The number of sulfonamides is 1. The SMILES string of the molecule is COc1ccc(S(=O)(=O)N2CCCCCC2)cc1NC(=O)c1cnn(C)c1-n1c(C)ccc1C. The Hall–Kier alpha value is -3.11. The quantitative estimate of drug-likeness (QED) is 0.575. The zero-order valence-electron chi connectivity index (χ0n) is 20.0. The summed E-state index contributed by atoms with van der Waals surface area (Å²) in [5.74, 6) is 0.602. The molecule has 4 rings (SSSR count). The van der Waals surface area contributed by atoms with Crippen molar-refractivity contribution >= 4 is 21.6 Å². The van der Waals surface area contributed by atoms with Gasteiger partial charge in [0, 0.05) is 31.5 Å². The van der Waals surface area contributed by atoms with Crippen LogP contribution < -0.4 is 10.1 Å². The van der Waals surface area contributed by atoms with Gasteiger partial charge in [-0.25, -0.2) is 8.42 Å². The van der Waals surface area contributed by atoms with Crippen LogP contribution in [-0.4, -0.2) is 53.2 Å². The molecule has 2 aromatic heterocycles. The van der Waals surface area contributed by atoms with E-state index >= 15 is 0 Å². The molecule has 0 unspecified atom stereocenters. The molecule has 1 saturated heterocycles. The van der Waals surface area contributed by atoms with Gasteiger partial charge in [-0.05, 0) is 57.0 Å². The minimum Gasteiger partial charge on any atom is -0.495 e. The number of aryl methyl sites for hydroxylation is 3. The van der Waals surface area contributed by atoms with Gasteiger partial charge < -0.3 is 14.6 Å². The molecule has 1 aromatic carbocycles. The van der Waals surface area contributed by atoms with E-state index in [1.54, 1.807) is 17.8 Å². The summed E-state index contributed by atoms with van der Waals surface area (Å²) in [7, 11) is -0.418. The number of carbonyl (C=O) groups is 1. The molecule has 0 saturated carbocycles. The van der Waals surface area contributed by atoms with Gasteiger partial charge in [-0.3, -0.25) is 9.48 Å². The Bertz CT molecular complexity index is 1280. The second kappa shape index (κ2) is 9.63. The maximum absolute atomic E-state index is 13.3. The molecular formula is C24H31N5O4S. The molecule has 0 aliphatic carbocycles. The molecule has 0 bridgehead atoms. The zero-order chi connectivity index (χ0) is 24.5. The van der Waals surface area contributed by atoms with Crippen LogP contribution in [0.1, 0.15) is 47.4 Å². The fourth-order valence-corrected chi connectivity index (χ4v) is 5.97. The minimum atomic E-state index is -3.68. The van der Waals surface area contributed by atoms with E-state index in [2.05, 4.69) is 10.4 Å². The summed E-state index contributed by atoms with van der Waals surface area (Å²) in [5.41, 5.74) is 2.60. The summed E-state index contributed by atoms with van der Waals surface area (Å²) in [6.45, 7) is 4.93. The van der Waals surface area contributed by atoms with E-state index in [0.717, 1.165) is 37.1 Å². The van der Waals surface area contributed by atoms with Crippen molar-refractivity contribution in [3.05, 3.63) is 53.5 Å². The summed E-state index contributed by atoms with van der Waals surface area (Å²) in [5, 5.41) is 7.13. The number of methoxy groups -OCH3 is 1. The van der Waals surface area contributed by atoms with E-state index in [4.69, 9.17) is 4.74 Å². The van der Waals surface area contributed by atoms with Crippen LogP contribution in [0.15, 0.2) is 41.4 Å². The summed E-state index contributed by atoms with van der Waals surface area (Å²) in [6, 6.07) is 8.52. The summed E-state index contributed by atoms with van der Waals surface area (Å²) in [6.07, 6.45) is 5.27. The molecule has 9 nitrogen and oxygen atoms in total. The van der Waals surface area contributed by atoms with E-state index in [1.165, 1.54) is 29.7 Å². The Morgan fingerprint density at radius 2 is 1.68 bits per heavy atom. The van der Waals surface area contributed by atoms with Crippen molar-refractivity contribution < 1.29 is 17.9 Å². The predicted octanol–water partition coefficient (Wildman–Crippen LogP) is 3.65. The molecule has 3 aromatic rings. The van der Waals surface area contributed by atoms with Gasteiger partial charge in [-0.15, -0.1) is 0 Å². The van der Waals surface area contributed by atoms with Gasteiger partial charge in [0.25, 0.3) is 5.91 Å². The molecule has 1 N–H and O–H groups in total. The van der Waals surface area contributed by atoms with E-state index in [9.17, 15) is 13.2 Å². The van der Waals surface area contributed by atoms with Crippen molar-refractivity contribution in [3.8, 4) is 11.6 Å². The first-order valence-corrected chi connectivity index (χ1v) is 12.8. The van der Waals surface area contributed by atoms with Crippen molar-refractivity contribution in [3.63, 3.8) is 0 Å². The van der Waals surface area contributed by atoms with Crippen molar-refractivity contribution in [1.82, 2.24) is 18.7 Å². The average Bonchev–Trinajstić information content (AvgIpc) is 3.20. The van der Waals surface area contributed by atoms with Gasteiger partial charge >= 0.3 is 0 Å². The van der Waals surface area contributed by atoms with Crippen LogP contribution in [0.5, 0.6) is 5.75 Å². The Morgan fingerprint density at radius 3 is 2.29 bits per heavy atom. The lowest BCUT2D eigenvalue weighted by molar-refractivity contribution is 0.102. The van der Waals surface area contributed by atoms with Crippen LogP contribution in [-0.2, 0) is 17.1 Å². The third kappa shape index (κ3) is 4.47. The van der Waals surface area contributed by atoms with E-state index in [0.29, 0.717) is 35.9 Å². The smallest absolute Gasteiger partial charge is 0.261 e. The van der Waals surface area contributed by atoms with Gasteiger partial charge in [0.15, 0.2) is 0 Å². The predicted molar refractivity (Wildman–Crippen MR) is 130 cm³/mol. The molecule has 1 amide bonds. The molecule has 3 heterocycles. The fraction of sp³-hybridized carbons (Fsp3) is 0.417. The molecule has 10 heteroatoms. The van der Waals surface area contributed by atoms with Crippen molar-refractivity contribution in [2.75, 3.05) is 25.5 Å². The Labute approximate surface area is 200 Å². The second-order valence-corrected chi connectivity index (χ2v) is 10.5. The lowest BCUT2D eigenvalue weighted by Gasteiger charge is -2.21. The first-order valence-electron chi connectivity index (χ1n) is 11.4. The number of nitrogens with one attached hydrogen (secondary N) is 1. The van der Waals surface area contributed by atoms with Gasteiger partial charge in [0.05, 0.1) is 23.9 Å². The molecule has 34 heavy (non-hydrogen) atoms. The third-order valence-electron chi connectivity index (χ3n) is 6.26. The van der Waals surface area contributed by atoms with Gasteiger partial charge in [-0.2, -0.15) is 9.40 Å². The van der Waals surface area contributed by atoms with Crippen LogP contribution in [0.25, 0.3) is 5.82 Å². The minimum absolute atomic E-state index is 0.133. The molecule has 1 fully saturated rings. The van der Waals surface area contributed by atoms with E-state index in [1.807, 2.05) is 30.5 Å². The number of hydrogen-bond donors (Lipinski definition) is 1. The number of amides is 1. The Balaban J connectivity index is 1.68. The lowest BCUT2D eigenvalue weighted by Crippen LogP contribution is -2.32. The topological polar surface area (TPSA) is 98.5 Å². The van der Waals surface area contributed by atoms with Crippen LogP contribution >= 0.6 is 0 Å². The van der Waals surface area contributed by atoms with Crippen LogP contribution in [0.4, 0.5) is 5.69 Å². The van der Waals surface area contributed by atoms with Crippen LogP contribution in [0.2, 0.25) is 0 Å². The van der Waals surface area contributed by atoms with E-state index in [-0.39, 0.29) is 4.90 Å². The highest BCUT2D eigenvalue weighted by molar-refractivity contribution is 7.89. The third-order valence-corrected chi connectivity index (χ3v) is 8.15. The summed E-state index contributed by atoms with van der Waals surface area (Å²) in [4.78, 5) is 13.5.